The maximum Gasteiger partial charge on any atom is 0 e. The molecule has 2 heteroatoms. The fraction of sp³-hybridized carbons (Fsp3) is 0.250. The third kappa shape index (κ3) is 149. The van der Waals surface area contributed by atoms with Gasteiger partial charge in [-0.05, 0) is 12.7 Å². The van der Waals surface area contributed by atoms with Crippen LogP contribution in [0.15, 0.2) is 0 Å². The summed E-state index contributed by atoms with van der Waals surface area (Å²) in [5.41, 5.74) is 0. The first-order valence-corrected chi connectivity index (χ1v) is 1.06. The van der Waals surface area contributed by atoms with Crippen LogP contribution in [-0.4, -0.2) is 5.78 Å². The van der Waals surface area contributed by atoms with Crippen molar-refractivity contribution in [2.24, 2.45) is 0 Å². The number of Topliss-reactive ketones (excluding diaryl/α,β-unsaturated/α-hetero) is 1. The first-order chi connectivity index (χ1) is 1.73. The summed E-state index contributed by atoms with van der Waals surface area (Å²) in [5, 5.41) is 0. The van der Waals surface area contributed by atoms with Crippen LogP contribution in [0.1, 0.15) is 6.92 Å². The van der Waals surface area contributed by atoms with Crippen LogP contribution in [0.25, 0.3) is 0 Å². The molecule has 0 fully saturated rings. The summed E-state index contributed by atoms with van der Waals surface area (Å²) in [7, 11) is 0. The van der Waals surface area contributed by atoms with Gasteiger partial charge < -0.3 is 19.1 Å². The van der Waals surface area contributed by atoms with E-state index in [-0.39, 0.29) is 45.9 Å². The number of hydrogen-bond acceptors (Lipinski definition) is 1. The topological polar surface area (TPSA) is 17.1 Å². The van der Waals surface area contributed by atoms with Gasteiger partial charge in [0, 0.05) is 32.7 Å². The minimum Gasteiger partial charge on any atom is -0.358 e. The summed E-state index contributed by atoms with van der Waals surface area (Å²) in [6.07, 6.45) is 0. The fourth-order valence-electron chi connectivity index (χ4n) is 0. The van der Waals surface area contributed by atoms with Crippen LogP contribution in [0.3, 0.4) is 0 Å². The molecule has 0 aliphatic carbocycles. The molecule has 1 radical (unpaired) electrons. The summed E-state index contributed by atoms with van der Waals surface area (Å²) >= 11 is 0. The van der Waals surface area contributed by atoms with Gasteiger partial charge in [-0.15, -0.1) is 0 Å². The number of hydrogen-bond donors (Lipinski definition) is 0. The molecule has 0 atom stereocenters. The minimum absolute atomic E-state index is 0. The molecule has 0 aromatic carbocycles. The molecule has 0 aromatic rings. The molecular formula is C4H8OY-2. The molecule has 0 N–H and O–H groups in total. The molecule has 0 aromatic heterocycles. The minimum atomic E-state index is -0.0833. The zero-order valence-corrected chi connectivity index (χ0v) is 7.03. The molecule has 1 nitrogen and oxygen atoms in total. The first-order valence-electron chi connectivity index (χ1n) is 1.06. The molecule has 0 heterocycles. The van der Waals surface area contributed by atoms with Gasteiger partial charge in [-0.25, -0.2) is 0 Å². The summed E-state index contributed by atoms with van der Waals surface area (Å²) in [6.45, 7) is 4.42. The Hall–Kier alpha value is 0.644. The predicted molar refractivity (Wildman–Crippen MR) is 22.5 cm³/mol. The van der Waals surface area contributed by atoms with Crippen molar-refractivity contribution in [2.75, 3.05) is 0 Å². The van der Waals surface area contributed by atoms with E-state index < -0.39 is 0 Å². The maximum atomic E-state index is 9.33. The Kier molecular flexibility index (Phi) is 24.4. The van der Waals surface area contributed by atoms with Gasteiger partial charge in [0.05, 0.1) is 0 Å². The summed E-state index contributed by atoms with van der Waals surface area (Å²) in [5.74, 6) is -0.0833. The number of ketones is 1. The van der Waals surface area contributed by atoms with Crippen molar-refractivity contribution in [2.45, 2.75) is 6.92 Å². The average Bonchev–Trinajstić information content (AvgIpc) is 0.811. The van der Waals surface area contributed by atoms with E-state index in [1.165, 1.54) is 6.92 Å². The van der Waals surface area contributed by atoms with Crippen LogP contribution >= 0.6 is 0 Å². The Bertz CT molecular complexity index is 30.5. The van der Waals surface area contributed by atoms with Crippen molar-refractivity contribution in [3.8, 4) is 0 Å². The largest absolute Gasteiger partial charge is 0.358 e. The third-order valence-electron chi connectivity index (χ3n) is 0. The zero-order valence-electron chi connectivity index (χ0n) is 4.19. The molecule has 0 bridgehead atoms. The van der Waals surface area contributed by atoms with Crippen molar-refractivity contribution in [1.82, 2.24) is 0 Å². The van der Waals surface area contributed by atoms with Gasteiger partial charge in [0.2, 0.25) is 0 Å². The maximum absolute atomic E-state index is 9.33. The van der Waals surface area contributed by atoms with E-state index in [2.05, 4.69) is 6.92 Å². The van der Waals surface area contributed by atoms with E-state index in [0.29, 0.717) is 0 Å². The second-order valence-electron chi connectivity index (χ2n) is 0.702. The fourth-order valence-corrected chi connectivity index (χ4v) is 0. The van der Waals surface area contributed by atoms with Gasteiger partial charge in [0.15, 0.2) is 0 Å². The smallest absolute Gasteiger partial charge is 0 e. The number of carbonyl (C=O) groups is 1. The Morgan fingerprint density at radius 3 is 1.67 bits per heavy atom. The molecule has 0 spiro atoms. The Balaban J connectivity index is -0.0000000450. The van der Waals surface area contributed by atoms with Crippen molar-refractivity contribution in [1.29, 1.82) is 0 Å². The number of rotatable bonds is 0. The molecule has 0 saturated carbocycles. The molecule has 0 amide bonds. The normalized spacial score (nSPS) is 4.17. The van der Waals surface area contributed by atoms with Gasteiger partial charge in [0.25, 0.3) is 0 Å². The third-order valence-corrected chi connectivity index (χ3v) is 0. The number of carbonyl (C=O) groups excluding carboxylic acids is 1. The van der Waals surface area contributed by atoms with Crippen molar-refractivity contribution >= 4 is 5.78 Å². The molecule has 0 aliphatic rings. The average molecular weight is 161 g/mol. The first kappa shape index (κ1) is 15.9. The Morgan fingerprint density at radius 2 is 1.67 bits per heavy atom. The van der Waals surface area contributed by atoms with Crippen LogP contribution in [-0.2, 0) is 37.5 Å². The van der Waals surface area contributed by atoms with E-state index in [1.807, 2.05) is 0 Å². The van der Waals surface area contributed by atoms with Gasteiger partial charge in [-0.3, -0.25) is 0 Å². The SMILES string of the molecule is [CH2-]C(C)=O.[CH3-].[Y]. The molecule has 0 unspecified atom stereocenters. The van der Waals surface area contributed by atoms with E-state index in [4.69, 9.17) is 0 Å². The standard InChI is InChI=1S/C3H5O.CH3.Y/c1-3(2)4;;/h1H2,2H3;1H3;/q2*-1;. The van der Waals surface area contributed by atoms with Crippen LogP contribution in [0.4, 0.5) is 0 Å². The van der Waals surface area contributed by atoms with E-state index in [9.17, 15) is 4.79 Å². The van der Waals surface area contributed by atoms with Crippen LogP contribution < -0.4 is 0 Å². The molecule has 0 aliphatic heterocycles. The molecule has 0 saturated heterocycles. The molecule has 6 heavy (non-hydrogen) atoms. The second kappa shape index (κ2) is 9.17. The van der Waals surface area contributed by atoms with E-state index in [0.717, 1.165) is 0 Å². The Morgan fingerprint density at radius 1 is 1.67 bits per heavy atom. The van der Waals surface area contributed by atoms with Gasteiger partial charge in [-0.2, -0.15) is 0 Å². The van der Waals surface area contributed by atoms with Crippen LogP contribution in [0, 0.1) is 14.4 Å². The quantitative estimate of drug-likeness (QED) is 0.481. The van der Waals surface area contributed by atoms with E-state index >= 15 is 0 Å². The van der Waals surface area contributed by atoms with Crippen molar-refractivity contribution in [3.05, 3.63) is 14.4 Å². The zero-order chi connectivity index (χ0) is 3.58. The van der Waals surface area contributed by atoms with Crippen LogP contribution in [0.5, 0.6) is 0 Å². The van der Waals surface area contributed by atoms with Gasteiger partial charge in [0.1, 0.15) is 0 Å². The molecule has 35 valence electrons. The van der Waals surface area contributed by atoms with Crippen LogP contribution in [0.2, 0.25) is 0 Å². The van der Waals surface area contributed by atoms with Crippen molar-refractivity contribution in [3.63, 3.8) is 0 Å². The van der Waals surface area contributed by atoms with Crippen molar-refractivity contribution < 1.29 is 37.5 Å². The second-order valence-corrected chi connectivity index (χ2v) is 0.702. The van der Waals surface area contributed by atoms with E-state index in [1.54, 1.807) is 0 Å². The summed E-state index contributed by atoms with van der Waals surface area (Å²) in [6, 6.07) is 0. The summed E-state index contributed by atoms with van der Waals surface area (Å²) in [4.78, 5) is 9.33. The van der Waals surface area contributed by atoms with Gasteiger partial charge in [-0.1, -0.05) is 0 Å². The molecular weight excluding hydrogens is 153 g/mol. The monoisotopic (exact) mass is 161 g/mol. The Labute approximate surface area is 64.4 Å². The molecule has 0 rings (SSSR count). The predicted octanol–water partition coefficient (Wildman–Crippen LogP) is 0.857. The van der Waals surface area contributed by atoms with Gasteiger partial charge >= 0.3 is 0 Å². The summed E-state index contributed by atoms with van der Waals surface area (Å²) < 4.78 is 0.